The van der Waals surface area contributed by atoms with Crippen molar-refractivity contribution in [3.63, 3.8) is 0 Å². The number of hydrogen-bond donors (Lipinski definition) is 1. The Morgan fingerprint density at radius 3 is 2.43 bits per heavy atom. The first-order valence-corrected chi connectivity index (χ1v) is 12.1. The third kappa shape index (κ3) is 6.45. The number of alkyl halides is 3. The molecular formula is C23H20F3N3O4S2. The van der Waals surface area contributed by atoms with E-state index in [-0.39, 0.29) is 39.6 Å². The second-order valence-corrected chi connectivity index (χ2v) is 9.12. The van der Waals surface area contributed by atoms with Crippen molar-refractivity contribution in [2.75, 3.05) is 17.7 Å². The number of hydrogen-bond acceptors (Lipinski definition) is 8. The monoisotopic (exact) mass is 523 g/mol. The van der Waals surface area contributed by atoms with Gasteiger partial charge < -0.3 is 10.1 Å². The van der Waals surface area contributed by atoms with Crippen molar-refractivity contribution in [1.29, 1.82) is 0 Å². The fourth-order valence-corrected chi connectivity index (χ4v) is 4.84. The number of esters is 1. The average Bonchev–Trinajstić information content (AvgIpc) is 3.13. The van der Waals surface area contributed by atoms with E-state index in [1.807, 2.05) is 0 Å². The number of anilines is 1. The molecule has 0 radical (unpaired) electrons. The molecule has 0 aliphatic carbocycles. The molecule has 1 aromatic carbocycles. The fourth-order valence-electron chi connectivity index (χ4n) is 3.07. The molecule has 0 saturated heterocycles. The van der Waals surface area contributed by atoms with Gasteiger partial charge in [-0.25, -0.2) is 14.8 Å². The molecule has 1 amide bonds. The number of benzene rings is 1. The van der Waals surface area contributed by atoms with Gasteiger partial charge in [-0.3, -0.25) is 9.59 Å². The summed E-state index contributed by atoms with van der Waals surface area (Å²) in [5.41, 5.74) is -0.129. The van der Waals surface area contributed by atoms with E-state index in [4.69, 9.17) is 4.74 Å². The molecule has 2 aromatic heterocycles. The summed E-state index contributed by atoms with van der Waals surface area (Å²) in [5, 5.41) is 2.46. The number of carbonyl (C=O) groups excluding carboxylic acids is 3. The number of aromatic nitrogens is 2. The van der Waals surface area contributed by atoms with E-state index in [9.17, 15) is 27.6 Å². The van der Waals surface area contributed by atoms with Crippen LogP contribution in [0.15, 0.2) is 41.6 Å². The van der Waals surface area contributed by atoms with Gasteiger partial charge in [-0.05, 0) is 32.4 Å². The van der Waals surface area contributed by atoms with Crippen LogP contribution < -0.4 is 5.32 Å². The van der Waals surface area contributed by atoms with Gasteiger partial charge in [0.2, 0.25) is 5.91 Å². The van der Waals surface area contributed by atoms with Crippen LogP contribution in [0.25, 0.3) is 11.3 Å². The number of nitrogens with one attached hydrogen (secondary N) is 1. The second kappa shape index (κ2) is 11.0. The van der Waals surface area contributed by atoms with Crippen LogP contribution in [0, 0.1) is 6.92 Å². The molecule has 7 nitrogen and oxygen atoms in total. The maximum Gasteiger partial charge on any atom is 0.433 e. The first kappa shape index (κ1) is 26.4. The van der Waals surface area contributed by atoms with E-state index in [1.54, 1.807) is 44.2 Å². The van der Waals surface area contributed by atoms with Crippen molar-refractivity contribution in [3.8, 4) is 11.3 Å². The molecule has 2 heterocycles. The average molecular weight is 524 g/mol. The lowest BCUT2D eigenvalue weighted by Gasteiger charge is -2.11. The zero-order valence-electron chi connectivity index (χ0n) is 18.9. The summed E-state index contributed by atoms with van der Waals surface area (Å²) in [4.78, 5) is 44.9. The minimum atomic E-state index is -4.70. The number of rotatable bonds is 8. The van der Waals surface area contributed by atoms with Gasteiger partial charge in [0.25, 0.3) is 0 Å². The molecule has 1 N–H and O–H groups in total. The van der Waals surface area contributed by atoms with Crippen LogP contribution in [-0.2, 0) is 15.7 Å². The Kier molecular flexibility index (Phi) is 8.28. The van der Waals surface area contributed by atoms with E-state index in [0.717, 1.165) is 17.4 Å². The highest BCUT2D eigenvalue weighted by Gasteiger charge is 2.34. The molecule has 0 unspecified atom stereocenters. The molecule has 0 bridgehead atoms. The maximum absolute atomic E-state index is 13.4. The van der Waals surface area contributed by atoms with Crippen molar-refractivity contribution in [2.45, 2.75) is 32.1 Å². The van der Waals surface area contributed by atoms with E-state index < -0.39 is 23.7 Å². The molecule has 0 fully saturated rings. The minimum absolute atomic E-state index is 0.0698. The molecule has 3 aromatic rings. The lowest BCUT2D eigenvalue weighted by molar-refractivity contribution is -0.141. The smallest absolute Gasteiger partial charge is 0.433 e. The Morgan fingerprint density at radius 1 is 1.14 bits per heavy atom. The number of thioether (sulfide) groups is 1. The van der Waals surface area contributed by atoms with Crippen LogP contribution >= 0.6 is 23.1 Å². The SMILES string of the molecule is CCOC(=O)c1c(NC(=O)CSc2nc(-c3ccccc3)cc(C(F)(F)F)n2)sc(C(C)=O)c1C. The number of ether oxygens (including phenoxy) is 1. The number of halogens is 3. The van der Waals surface area contributed by atoms with Crippen molar-refractivity contribution >= 4 is 45.8 Å². The van der Waals surface area contributed by atoms with Gasteiger partial charge >= 0.3 is 12.1 Å². The summed E-state index contributed by atoms with van der Waals surface area (Å²) in [6.45, 7) is 4.64. The first-order chi connectivity index (χ1) is 16.5. The van der Waals surface area contributed by atoms with E-state index >= 15 is 0 Å². The Morgan fingerprint density at radius 2 is 1.83 bits per heavy atom. The molecule has 0 atom stereocenters. The van der Waals surface area contributed by atoms with Gasteiger partial charge in [-0.2, -0.15) is 13.2 Å². The standard InChI is InChI=1S/C23H20F3N3O4S2/c1-4-33-21(32)18-12(2)19(13(3)30)35-20(18)29-17(31)11-34-22-27-15(14-8-6-5-7-9-14)10-16(28-22)23(24,25)26/h5-10H,4,11H2,1-3H3,(H,29,31). The highest BCUT2D eigenvalue weighted by molar-refractivity contribution is 7.99. The van der Waals surface area contributed by atoms with Crippen LogP contribution in [0.3, 0.4) is 0 Å². The summed E-state index contributed by atoms with van der Waals surface area (Å²) in [6.07, 6.45) is -4.70. The van der Waals surface area contributed by atoms with E-state index in [0.29, 0.717) is 27.8 Å². The van der Waals surface area contributed by atoms with Gasteiger partial charge in [0.15, 0.2) is 10.9 Å². The van der Waals surface area contributed by atoms with Gasteiger partial charge in [0, 0.05) is 5.56 Å². The lowest BCUT2D eigenvalue weighted by Crippen LogP contribution is -2.17. The largest absolute Gasteiger partial charge is 0.462 e. The number of nitrogens with zero attached hydrogens (tertiary/aromatic N) is 2. The Balaban J connectivity index is 1.83. The fraction of sp³-hybridized carbons (Fsp3) is 0.261. The van der Waals surface area contributed by atoms with Crippen molar-refractivity contribution in [2.24, 2.45) is 0 Å². The first-order valence-electron chi connectivity index (χ1n) is 10.3. The van der Waals surface area contributed by atoms with Crippen LogP contribution in [0.4, 0.5) is 18.2 Å². The Labute approximate surface area is 207 Å². The topological polar surface area (TPSA) is 98.2 Å². The highest BCUT2D eigenvalue weighted by Crippen LogP contribution is 2.35. The van der Waals surface area contributed by atoms with Crippen molar-refractivity contribution in [1.82, 2.24) is 9.97 Å². The molecule has 12 heteroatoms. The zero-order chi connectivity index (χ0) is 25.8. The normalized spacial score (nSPS) is 11.3. The number of thiophene rings is 1. The highest BCUT2D eigenvalue weighted by atomic mass is 32.2. The lowest BCUT2D eigenvalue weighted by atomic mass is 10.1. The van der Waals surface area contributed by atoms with Gasteiger partial charge in [-0.15, -0.1) is 11.3 Å². The summed E-state index contributed by atoms with van der Waals surface area (Å²) < 4.78 is 45.2. The van der Waals surface area contributed by atoms with Crippen LogP contribution in [-0.4, -0.2) is 40.0 Å². The summed E-state index contributed by atoms with van der Waals surface area (Å²) in [7, 11) is 0. The van der Waals surface area contributed by atoms with Gasteiger partial charge in [0.05, 0.1) is 28.5 Å². The summed E-state index contributed by atoms with van der Waals surface area (Å²) in [5.74, 6) is -1.91. The Hall–Kier alpha value is -3.25. The molecular weight excluding hydrogens is 503 g/mol. The molecule has 35 heavy (non-hydrogen) atoms. The number of Topliss-reactive ketones (excluding diaryl/α,β-unsaturated/α-hetero) is 1. The van der Waals surface area contributed by atoms with Crippen LogP contribution in [0.2, 0.25) is 0 Å². The number of ketones is 1. The number of amides is 1. The second-order valence-electron chi connectivity index (χ2n) is 7.16. The van der Waals surface area contributed by atoms with Gasteiger partial charge in [0.1, 0.15) is 10.7 Å². The van der Waals surface area contributed by atoms with E-state index in [2.05, 4.69) is 15.3 Å². The minimum Gasteiger partial charge on any atom is -0.462 e. The summed E-state index contributed by atoms with van der Waals surface area (Å²) >= 11 is 1.65. The van der Waals surface area contributed by atoms with Crippen LogP contribution in [0.5, 0.6) is 0 Å². The number of carbonyl (C=O) groups is 3. The van der Waals surface area contributed by atoms with Crippen molar-refractivity contribution in [3.05, 3.63) is 58.1 Å². The maximum atomic E-state index is 13.4. The van der Waals surface area contributed by atoms with E-state index in [1.165, 1.54) is 6.92 Å². The van der Waals surface area contributed by atoms with Gasteiger partial charge in [-0.1, -0.05) is 42.1 Å². The zero-order valence-corrected chi connectivity index (χ0v) is 20.5. The predicted molar refractivity (Wildman–Crippen MR) is 127 cm³/mol. The van der Waals surface area contributed by atoms with Crippen molar-refractivity contribution < 1.29 is 32.3 Å². The third-order valence-corrected chi connectivity index (χ3v) is 6.75. The molecule has 0 aliphatic heterocycles. The molecule has 3 rings (SSSR count). The quantitative estimate of drug-likeness (QED) is 0.177. The Bertz CT molecular complexity index is 1260. The molecule has 0 spiro atoms. The third-order valence-electron chi connectivity index (χ3n) is 4.60. The van der Waals surface area contributed by atoms with Crippen LogP contribution in [0.1, 0.15) is 45.1 Å². The molecule has 0 saturated carbocycles. The molecule has 0 aliphatic rings. The summed E-state index contributed by atoms with van der Waals surface area (Å²) in [6, 6.07) is 9.15. The molecule has 184 valence electrons. The predicted octanol–water partition coefficient (Wildman–Crippen LogP) is 5.64.